The normalized spacial score (nSPS) is 16.5. The molecule has 1 aromatic heterocycles. The molecule has 0 radical (unpaired) electrons. The molecule has 0 fully saturated rings. The van der Waals surface area contributed by atoms with E-state index in [-0.39, 0.29) is 11.6 Å². The first-order valence-corrected chi connectivity index (χ1v) is 4.85. The van der Waals surface area contributed by atoms with E-state index >= 15 is 0 Å². The van der Waals surface area contributed by atoms with Crippen molar-refractivity contribution in [3.05, 3.63) is 33.0 Å². The number of allylic oxidation sites excluding steroid dienone is 2. The van der Waals surface area contributed by atoms with Crippen LogP contribution >= 0.6 is 11.3 Å². The Labute approximate surface area is 79.9 Å². The summed E-state index contributed by atoms with van der Waals surface area (Å²) in [5.41, 5.74) is 1.73. The number of Topliss-reactive ketones (excluding diaryl/α,β-unsaturated/α-hetero) is 2. The topological polar surface area (TPSA) is 34.1 Å². The van der Waals surface area contributed by atoms with E-state index in [0.29, 0.717) is 21.6 Å². The first kappa shape index (κ1) is 8.38. The van der Waals surface area contributed by atoms with E-state index in [2.05, 4.69) is 0 Å². The summed E-state index contributed by atoms with van der Waals surface area (Å²) in [7, 11) is 0. The Hall–Kier alpha value is -1.22. The van der Waals surface area contributed by atoms with Crippen molar-refractivity contribution in [1.82, 2.24) is 0 Å². The largest absolute Gasteiger partial charge is 0.289 e. The summed E-state index contributed by atoms with van der Waals surface area (Å²) in [5.74, 6) is -0.00421. The van der Waals surface area contributed by atoms with E-state index in [9.17, 15) is 9.59 Å². The number of hydrogen-bond acceptors (Lipinski definition) is 3. The highest BCUT2D eigenvalue weighted by Crippen LogP contribution is 2.29. The highest BCUT2D eigenvalue weighted by atomic mass is 32.1. The van der Waals surface area contributed by atoms with E-state index in [0.717, 1.165) is 0 Å². The van der Waals surface area contributed by atoms with Crippen molar-refractivity contribution < 1.29 is 9.59 Å². The Bertz CT molecular complexity index is 399. The molecule has 0 aliphatic heterocycles. The van der Waals surface area contributed by atoms with Crippen LogP contribution in [0.3, 0.4) is 0 Å². The molecule has 0 bridgehead atoms. The van der Waals surface area contributed by atoms with Crippen molar-refractivity contribution in [2.75, 3.05) is 0 Å². The van der Waals surface area contributed by atoms with Crippen molar-refractivity contribution in [1.29, 1.82) is 0 Å². The molecule has 1 heterocycles. The minimum atomic E-state index is -0.00616. The number of rotatable bonds is 0. The average molecular weight is 192 g/mol. The molecule has 0 aromatic carbocycles. The molecule has 0 saturated heterocycles. The zero-order chi connectivity index (χ0) is 9.59. The molecule has 1 aromatic rings. The number of ketones is 2. The zero-order valence-corrected chi connectivity index (χ0v) is 8.20. The molecule has 0 amide bonds. The quantitative estimate of drug-likeness (QED) is 0.632. The molecule has 0 atom stereocenters. The first-order valence-electron chi connectivity index (χ1n) is 3.97. The van der Waals surface area contributed by atoms with Crippen molar-refractivity contribution in [3.63, 3.8) is 0 Å². The monoisotopic (exact) mass is 192 g/mol. The van der Waals surface area contributed by atoms with Gasteiger partial charge in [-0.3, -0.25) is 9.59 Å². The van der Waals surface area contributed by atoms with E-state index in [1.165, 1.54) is 11.3 Å². The fourth-order valence-corrected chi connectivity index (χ4v) is 2.26. The Morgan fingerprint density at radius 1 is 1.08 bits per heavy atom. The number of hydrogen-bond donors (Lipinski definition) is 0. The summed E-state index contributed by atoms with van der Waals surface area (Å²) in [6, 6.07) is 1.72. The maximum atomic E-state index is 11.6. The maximum Gasteiger partial charge on any atom is 0.199 e. The molecule has 0 saturated carbocycles. The third kappa shape index (κ3) is 1.00. The second-order valence-corrected chi connectivity index (χ2v) is 3.99. The summed E-state index contributed by atoms with van der Waals surface area (Å²) < 4.78 is 0. The number of carbonyl (C=O) groups excluding carboxylic acids is 2. The molecule has 3 heteroatoms. The number of thiophene rings is 1. The predicted molar refractivity (Wildman–Crippen MR) is 51.4 cm³/mol. The highest BCUT2D eigenvalue weighted by Gasteiger charge is 2.28. The van der Waals surface area contributed by atoms with E-state index in [4.69, 9.17) is 0 Å². The zero-order valence-electron chi connectivity index (χ0n) is 7.38. The standard InChI is InChI=1S/C10H8O2S/c1-5-6(2)9(12)10-7(8(5)11)3-4-13-10/h3-4H,1-2H3. The molecule has 0 N–H and O–H groups in total. The van der Waals surface area contributed by atoms with Gasteiger partial charge in [-0.2, -0.15) is 0 Å². The highest BCUT2D eigenvalue weighted by molar-refractivity contribution is 7.12. The molecular formula is C10H8O2S. The minimum absolute atomic E-state index is 0.00194. The van der Waals surface area contributed by atoms with Crippen molar-refractivity contribution in [2.24, 2.45) is 0 Å². The van der Waals surface area contributed by atoms with Gasteiger partial charge in [0.25, 0.3) is 0 Å². The smallest absolute Gasteiger partial charge is 0.199 e. The molecule has 2 rings (SSSR count). The molecular weight excluding hydrogens is 184 g/mol. The maximum absolute atomic E-state index is 11.6. The van der Waals surface area contributed by atoms with Crippen LogP contribution < -0.4 is 0 Å². The number of fused-ring (bicyclic) bond motifs is 1. The summed E-state index contributed by atoms with van der Waals surface area (Å²) in [6.07, 6.45) is 0. The van der Waals surface area contributed by atoms with Crippen molar-refractivity contribution in [2.45, 2.75) is 13.8 Å². The van der Waals surface area contributed by atoms with Gasteiger partial charge in [-0.25, -0.2) is 0 Å². The van der Waals surface area contributed by atoms with Gasteiger partial charge in [-0.15, -0.1) is 11.3 Å². The lowest BCUT2D eigenvalue weighted by molar-refractivity contribution is 0.0978. The van der Waals surface area contributed by atoms with E-state index < -0.39 is 0 Å². The fourth-order valence-electron chi connectivity index (χ4n) is 1.38. The predicted octanol–water partition coefficient (Wildman–Crippen LogP) is 2.46. The minimum Gasteiger partial charge on any atom is -0.289 e. The van der Waals surface area contributed by atoms with Crippen LogP contribution in [0, 0.1) is 0 Å². The van der Waals surface area contributed by atoms with E-state index in [1.807, 2.05) is 0 Å². The van der Waals surface area contributed by atoms with Gasteiger partial charge in [-0.05, 0) is 25.3 Å². The lowest BCUT2D eigenvalue weighted by atomic mass is 9.91. The lowest BCUT2D eigenvalue weighted by Crippen LogP contribution is -2.16. The van der Waals surface area contributed by atoms with Gasteiger partial charge in [-0.1, -0.05) is 0 Å². The van der Waals surface area contributed by atoms with Crippen LogP contribution in [0.15, 0.2) is 22.6 Å². The SMILES string of the molecule is CC1=C(C)C(=O)c2sccc2C1=O. The van der Waals surface area contributed by atoms with Gasteiger partial charge in [0.1, 0.15) is 0 Å². The van der Waals surface area contributed by atoms with Crippen molar-refractivity contribution >= 4 is 22.9 Å². The van der Waals surface area contributed by atoms with Gasteiger partial charge in [0.2, 0.25) is 0 Å². The fraction of sp³-hybridized carbons (Fsp3) is 0.200. The van der Waals surface area contributed by atoms with Gasteiger partial charge >= 0.3 is 0 Å². The summed E-state index contributed by atoms with van der Waals surface area (Å²) in [4.78, 5) is 23.9. The van der Waals surface area contributed by atoms with Gasteiger partial charge < -0.3 is 0 Å². The third-order valence-electron chi connectivity index (χ3n) is 2.36. The molecule has 0 spiro atoms. The first-order chi connectivity index (χ1) is 6.13. The Kier molecular flexibility index (Phi) is 1.70. The second kappa shape index (κ2) is 2.64. The van der Waals surface area contributed by atoms with Gasteiger partial charge in [0.15, 0.2) is 11.6 Å². The Morgan fingerprint density at radius 2 is 1.69 bits per heavy atom. The van der Waals surface area contributed by atoms with Crippen LogP contribution in [0.5, 0.6) is 0 Å². The molecule has 66 valence electrons. The Morgan fingerprint density at radius 3 is 2.38 bits per heavy atom. The van der Waals surface area contributed by atoms with Gasteiger partial charge in [0.05, 0.1) is 4.88 Å². The third-order valence-corrected chi connectivity index (χ3v) is 3.27. The summed E-state index contributed by atoms with van der Waals surface area (Å²) >= 11 is 1.34. The molecule has 2 nitrogen and oxygen atoms in total. The summed E-state index contributed by atoms with van der Waals surface area (Å²) in [5, 5.41) is 1.78. The molecule has 1 aliphatic rings. The van der Waals surface area contributed by atoms with Crippen LogP contribution in [-0.2, 0) is 0 Å². The Balaban J connectivity index is 2.71. The second-order valence-electron chi connectivity index (χ2n) is 3.07. The van der Waals surface area contributed by atoms with Crippen molar-refractivity contribution in [3.8, 4) is 0 Å². The van der Waals surface area contributed by atoms with Crippen LogP contribution in [-0.4, -0.2) is 11.6 Å². The van der Waals surface area contributed by atoms with Crippen LogP contribution in [0.2, 0.25) is 0 Å². The molecule has 0 unspecified atom stereocenters. The van der Waals surface area contributed by atoms with E-state index in [1.54, 1.807) is 25.3 Å². The van der Waals surface area contributed by atoms with Crippen LogP contribution in [0.4, 0.5) is 0 Å². The molecule has 1 aliphatic carbocycles. The number of carbonyl (C=O) groups is 2. The lowest BCUT2D eigenvalue weighted by Gasteiger charge is -2.11. The summed E-state index contributed by atoms with van der Waals surface area (Å²) in [6.45, 7) is 3.41. The molecule has 13 heavy (non-hydrogen) atoms. The van der Waals surface area contributed by atoms with Gasteiger partial charge in [0, 0.05) is 16.7 Å². The average Bonchev–Trinajstić information content (AvgIpc) is 2.59. The van der Waals surface area contributed by atoms with Crippen LogP contribution in [0.25, 0.3) is 0 Å². The van der Waals surface area contributed by atoms with Crippen LogP contribution in [0.1, 0.15) is 33.9 Å².